The van der Waals surface area contributed by atoms with Gasteiger partial charge in [-0.15, -0.1) is 0 Å². The van der Waals surface area contributed by atoms with Crippen molar-refractivity contribution in [3.63, 3.8) is 0 Å². The topological polar surface area (TPSA) is 65.0 Å². The summed E-state index contributed by atoms with van der Waals surface area (Å²) >= 11 is 0. The van der Waals surface area contributed by atoms with E-state index in [1.807, 2.05) is 18.2 Å². The summed E-state index contributed by atoms with van der Waals surface area (Å²) in [6.45, 7) is 17.2. The molecule has 0 atom stereocenters. The van der Waals surface area contributed by atoms with Crippen molar-refractivity contribution in [1.29, 1.82) is 0 Å². The van der Waals surface area contributed by atoms with Gasteiger partial charge in [-0.05, 0) is 71.1 Å². The van der Waals surface area contributed by atoms with E-state index in [4.69, 9.17) is 17.9 Å². The Hall–Kier alpha value is -3.99. The Kier molecular flexibility index (Phi) is 5.90. The Morgan fingerprint density at radius 3 is 2.10 bits per heavy atom. The van der Waals surface area contributed by atoms with Gasteiger partial charge in [0.2, 0.25) is 5.89 Å². The zero-order valence-electron chi connectivity index (χ0n) is 29.0. The Morgan fingerprint density at radius 1 is 0.762 bits per heavy atom. The molecule has 5 nitrogen and oxygen atoms in total. The average Bonchev–Trinajstić information content (AvgIpc) is 3.57. The Morgan fingerprint density at radius 2 is 1.48 bits per heavy atom. The molecule has 216 valence electrons. The van der Waals surface area contributed by atoms with Gasteiger partial charge in [-0.3, -0.25) is 0 Å². The molecule has 3 aromatic carbocycles. The Labute approximate surface area is 252 Å². The van der Waals surface area contributed by atoms with Gasteiger partial charge >= 0.3 is 0 Å². The average molecular weight is 563 g/mol. The number of furan rings is 1. The Bertz CT molecular complexity index is 2050. The predicted molar refractivity (Wildman–Crippen MR) is 173 cm³/mol. The first-order chi connectivity index (χ1) is 21.1. The molecule has 0 fully saturated rings. The molecule has 0 aliphatic carbocycles. The van der Waals surface area contributed by atoms with Gasteiger partial charge < -0.3 is 8.83 Å². The summed E-state index contributed by atoms with van der Waals surface area (Å²) in [7, 11) is 0. The summed E-state index contributed by atoms with van der Waals surface area (Å²) in [5.41, 5.74) is 9.06. The van der Waals surface area contributed by atoms with Crippen LogP contribution in [0.15, 0.2) is 57.6 Å². The third-order valence-electron chi connectivity index (χ3n) is 8.20. The van der Waals surface area contributed by atoms with Gasteiger partial charge in [0.05, 0.1) is 5.69 Å². The molecule has 0 bridgehead atoms. The number of hydrogen-bond donors (Lipinski definition) is 0. The minimum Gasteiger partial charge on any atom is -0.451 e. The van der Waals surface area contributed by atoms with E-state index >= 15 is 0 Å². The summed E-state index contributed by atoms with van der Waals surface area (Å²) in [6.07, 6.45) is 1.55. The molecule has 0 spiro atoms. The summed E-state index contributed by atoms with van der Waals surface area (Å²) in [6, 6.07) is 13.7. The van der Waals surface area contributed by atoms with E-state index in [1.165, 1.54) is 16.7 Å². The van der Waals surface area contributed by atoms with Crippen molar-refractivity contribution in [3.05, 3.63) is 76.7 Å². The number of oxazole rings is 1. The highest BCUT2D eigenvalue weighted by Gasteiger charge is 2.25. The molecule has 3 heterocycles. The van der Waals surface area contributed by atoms with Crippen molar-refractivity contribution in [2.75, 3.05) is 0 Å². The molecule has 5 heteroatoms. The van der Waals surface area contributed by atoms with E-state index in [1.54, 1.807) is 18.5 Å². The van der Waals surface area contributed by atoms with Crippen LogP contribution >= 0.6 is 0 Å². The van der Waals surface area contributed by atoms with Crippen molar-refractivity contribution in [1.82, 2.24) is 15.0 Å². The first kappa shape index (κ1) is 24.6. The summed E-state index contributed by atoms with van der Waals surface area (Å²) in [5, 5.41) is 1.20. The van der Waals surface area contributed by atoms with Crippen LogP contribution < -0.4 is 0 Å². The third kappa shape index (κ3) is 4.59. The van der Waals surface area contributed by atoms with E-state index < -0.39 is 6.85 Å². The zero-order chi connectivity index (χ0) is 32.6. The standard InChI is InChI=1S/C37H41N3O2/c1-19(2)23-15-26(20(3)4)32(27(16-23)21(5)6)36-40-28-14-13-25-31-22(7)11-12-24(33(31)41-34(25)35(28)42-36)29-17-30(37(8,9)10)39-18-38-29/h11-21H,1-10H3/i7D3. The van der Waals surface area contributed by atoms with Crippen LogP contribution in [0.3, 0.4) is 0 Å². The van der Waals surface area contributed by atoms with Crippen LogP contribution in [0.5, 0.6) is 0 Å². The second-order valence-electron chi connectivity index (χ2n) is 13.4. The van der Waals surface area contributed by atoms with Gasteiger partial charge in [0.1, 0.15) is 17.4 Å². The Balaban J connectivity index is 1.66. The van der Waals surface area contributed by atoms with E-state index in [9.17, 15) is 0 Å². The molecule has 0 unspecified atom stereocenters. The summed E-state index contributed by atoms with van der Waals surface area (Å²) in [4.78, 5) is 14.0. The van der Waals surface area contributed by atoms with Crippen molar-refractivity contribution in [2.45, 2.75) is 92.3 Å². The van der Waals surface area contributed by atoms with E-state index in [-0.39, 0.29) is 22.8 Å². The maximum Gasteiger partial charge on any atom is 0.228 e. The number of rotatable bonds is 5. The van der Waals surface area contributed by atoms with E-state index in [0.29, 0.717) is 56.1 Å². The van der Waals surface area contributed by atoms with E-state index in [0.717, 1.165) is 11.3 Å². The lowest BCUT2D eigenvalue weighted by Gasteiger charge is -2.21. The highest BCUT2D eigenvalue weighted by atomic mass is 16.4. The molecule has 0 radical (unpaired) electrons. The van der Waals surface area contributed by atoms with Crippen LogP contribution in [0.2, 0.25) is 0 Å². The highest BCUT2D eigenvalue weighted by Crippen LogP contribution is 2.43. The maximum absolute atomic E-state index is 8.34. The minimum absolute atomic E-state index is 0.192. The molecule has 0 saturated heterocycles. The fraction of sp³-hybridized carbons (Fsp3) is 0.378. The van der Waals surface area contributed by atoms with Gasteiger partial charge in [-0.25, -0.2) is 15.0 Å². The molecular weight excluding hydrogens is 518 g/mol. The molecule has 0 saturated carbocycles. The van der Waals surface area contributed by atoms with E-state index in [2.05, 4.69) is 84.4 Å². The largest absolute Gasteiger partial charge is 0.451 e. The molecular formula is C37H41N3O2. The SMILES string of the molecule is [2H]C([2H])([2H])c1ccc(-c2cc(C(C)(C)C)ncn2)c2oc3c(ccc4nc(-c5c(C(C)C)cc(C(C)C)cc5C(C)C)oc43)c12. The molecule has 6 rings (SSSR count). The first-order valence-corrected chi connectivity index (χ1v) is 14.9. The third-order valence-corrected chi connectivity index (χ3v) is 8.20. The molecule has 6 aromatic rings. The van der Waals surface area contributed by atoms with Gasteiger partial charge in [-0.2, -0.15) is 0 Å². The van der Waals surface area contributed by atoms with Crippen molar-refractivity contribution in [3.8, 4) is 22.7 Å². The van der Waals surface area contributed by atoms with Crippen LogP contribution in [0, 0.1) is 6.85 Å². The van der Waals surface area contributed by atoms with Crippen molar-refractivity contribution < 1.29 is 12.9 Å². The second-order valence-corrected chi connectivity index (χ2v) is 13.4. The van der Waals surface area contributed by atoms with Crippen LogP contribution in [0.4, 0.5) is 0 Å². The number of fused-ring (bicyclic) bond motifs is 5. The monoisotopic (exact) mass is 562 g/mol. The molecule has 0 amide bonds. The fourth-order valence-electron chi connectivity index (χ4n) is 5.75. The van der Waals surface area contributed by atoms with Crippen LogP contribution in [-0.4, -0.2) is 15.0 Å². The lowest BCUT2D eigenvalue weighted by atomic mass is 9.84. The number of aryl methyl sites for hydroxylation is 1. The molecule has 3 aromatic heterocycles. The zero-order valence-corrected chi connectivity index (χ0v) is 26.0. The predicted octanol–water partition coefficient (Wildman–Crippen LogP) is 10.8. The van der Waals surface area contributed by atoms with Crippen molar-refractivity contribution in [2.24, 2.45) is 0 Å². The van der Waals surface area contributed by atoms with Gasteiger partial charge in [0, 0.05) is 37.1 Å². The van der Waals surface area contributed by atoms with Crippen molar-refractivity contribution >= 4 is 33.0 Å². The smallest absolute Gasteiger partial charge is 0.228 e. The maximum atomic E-state index is 8.34. The highest BCUT2D eigenvalue weighted by molar-refractivity contribution is 6.16. The second kappa shape index (κ2) is 10.1. The first-order valence-electron chi connectivity index (χ1n) is 16.4. The number of nitrogens with zero attached hydrogens (tertiary/aromatic N) is 3. The van der Waals surface area contributed by atoms with Crippen LogP contribution in [0.25, 0.3) is 55.7 Å². The quantitative estimate of drug-likeness (QED) is 0.209. The number of benzene rings is 3. The minimum atomic E-state index is -2.35. The molecule has 0 aliphatic rings. The molecule has 0 N–H and O–H groups in total. The normalized spacial score (nSPS) is 14.0. The van der Waals surface area contributed by atoms with Gasteiger partial charge in [0.15, 0.2) is 11.2 Å². The van der Waals surface area contributed by atoms with Gasteiger partial charge in [0.25, 0.3) is 0 Å². The lowest BCUT2D eigenvalue weighted by molar-refractivity contribution is 0.567. The number of aromatic nitrogens is 3. The summed E-state index contributed by atoms with van der Waals surface area (Å²) < 4.78 is 38.3. The van der Waals surface area contributed by atoms with Crippen LogP contribution in [0.1, 0.15) is 112 Å². The lowest BCUT2D eigenvalue weighted by Crippen LogP contribution is -2.13. The van der Waals surface area contributed by atoms with Crippen LogP contribution in [-0.2, 0) is 5.41 Å². The number of hydrogen-bond acceptors (Lipinski definition) is 5. The summed E-state index contributed by atoms with van der Waals surface area (Å²) in [5.74, 6) is 1.45. The van der Waals surface area contributed by atoms with Gasteiger partial charge in [-0.1, -0.05) is 80.5 Å². The molecule has 0 aliphatic heterocycles. The fourth-order valence-corrected chi connectivity index (χ4v) is 5.75. The molecule has 42 heavy (non-hydrogen) atoms.